The molecule has 2 aromatic carbocycles. The molecule has 0 bridgehead atoms. The first-order chi connectivity index (χ1) is 16.2. The molecule has 1 aromatic heterocycles. The summed E-state index contributed by atoms with van der Waals surface area (Å²) in [5, 5.41) is 6.69. The Bertz CT molecular complexity index is 1030. The number of hydrogen-bond donors (Lipinski definition) is 2. The topological polar surface area (TPSA) is 77.0 Å². The molecule has 0 radical (unpaired) electrons. The van der Waals surface area contributed by atoms with Gasteiger partial charge in [-0.3, -0.25) is 4.99 Å². The number of benzene rings is 2. The molecule has 34 heavy (non-hydrogen) atoms. The molecule has 0 saturated heterocycles. The van der Waals surface area contributed by atoms with Crippen LogP contribution in [0.15, 0.2) is 71.9 Å². The summed E-state index contributed by atoms with van der Waals surface area (Å²) in [7, 11) is 3.41. The van der Waals surface area contributed by atoms with Gasteiger partial charge in [0.2, 0.25) is 5.88 Å². The largest absolute Gasteiger partial charge is 0.491 e. The second-order valence-corrected chi connectivity index (χ2v) is 7.47. The predicted molar refractivity (Wildman–Crippen MR) is 146 cm³/mol. The first kappa shape index (κ1) is 27.4. The van der Waals surface area contributed by atoms with E-state index in [1.807, 2.05) is 55.5 Å². The Morgan fingerprint density at radius 1 is 0.912 bits per heavy atom. The normalized spacial score (nSPS) is 10.9. The molecule has 0 aliphatic rings. The fraction of sp³-hybridized carbons (Fsp3) is 0.308. The number of methoxy groups -OCH3 is 1. The van der Waals surface area contributed by atoms with Gasteiger partial charge in [0.1, 0.15) is 19.0 Å². The summed E-state index contributed by atoms with van der Waals surface area (Å²) < 4.78 is 16.9. The zero-order chi connectivity index (χ0) is 23.3. The Morgan fingerprint density at radius 3 is 2.41 bits per heavy atom. The van der Waals surface area contributed by atoms with Crippen LogP contribution in [-0.2, 0) is 24.4 Å². The van der Waals surface area contributed by atoms with Crippen LogP contribution < -0.4 is 20.1 Å². The summed E-state index contributed by atoms with van der Waals surface area (Å²) in [5.41, 5.74) is 4.25. The van der Waals surface area contributed by atoms with Crippen LogP contribution >= 0.6 is 24.0 Å². The maximum atomic E-state index is 5.95. The van der Waals surface area contributed by atoms with E-state index in [4.69, 9.17) is 14.2 Å². The van der Waals surface area contributed by atoms with E-state index in [9.17, 15) is 0 Å². The Kier molecular flexibility index (Phi) is 12.2. The van der Waals surface area contributed by atoms with E-state index >= 15 is 0 Å². The SMILES string of the molecule is CN=C(NCc1ccc(C)cc1OCCOC)NCc1cccnc1OCc1ccccc1.I. The van der Waals surface area contributed by atoms with E-state index in [0.29, 0.717) is 44.7 Å². The van der Waals surface area contributed by atoms with Gasteiger partial charge in [0, 0.05) is 44.6 Å². The number of aliphatic imine (C=N–C) groups is 1. The van der Waals surface area contributed by atoms with Crippen LogP contribution in [0.5, 0.6) is 11.6 Å². The molecular formula is C26H33IN4O3. The minimum atomic E-state index is 0. The minimum absolute atomic E-state index is 0. The zero-order valence-electron chi connectivity index (χ0n) is 19.9. The summed E-state index contributed by atoms with van der Waals surface area (Å²) in [6, 6.07) is 20.1. The number of aryl methyl sites for hydroxylation is 1. The van der Waals surface area contributed by atoms with Crippen molar-refractivity contribution >= 4 is 29.9 Å². The Balaban J connectivity index is 0.00000408. The van der Waals surface area contributed by atoms with Crippen molar-refractivity contribution < 1.29 is 14.2 Å². The standard InChI is InChI=1S/C26H32N4O3.HI/c1-20-11-12-22(24(16-20)32-15-14-31-3)17-29-26(27-2)30-18-23-10-7-13-28-25(23)33-19-21-8-5-4-6-9-21;/h4-13,16H,14-15,17-19H2,1-3H3,(H2,27,29,30);1H. The van der Waals surface area contributed by atoms with Crippen LogP contribution in [0.25, 0.3) is 0 Å². The van der Waals surface area contributed by atoms with Crippen molar-refractivity contribution in [1.82, 2.24) is 15.6 Å². The third-order valence-corrected chi connectivity index (χ3v) is 4.95. The second-order valence-electron chi connectivity index (χ2n) is 7.47. The molecule has 1 heterocycles. The van der Waals surface area contributed by atoms with Crippen LogP contribution in [0.1, 0.15) is 22.3 Å². The third kappa shape index (κ3) is 8.83. The number of nitrogens with zero attached hydrogens (tertiary/aromatic N) is 2. The lowest BCUT2D eigenvalue weighted by Gasteiger charge is -2.16. The average Bonchev–Trinajstić information content (AvgIpc) is 2.85. The number of halogens is 1. The molecule has 7 nitrogen and oxygen atoms in total. The molecule has 0 aliphatic carbocycles. The molecule has 0 amide bonds. The van der Waals surface area contributed by atoms with Crippen LogP contribution in [-0.4, -0.2) is 38.3 Å². The monoisotopic (exact) mass is 576 g/mol. The summed E-state index contributed by atoms with van der Waals surface area (Å²) in [5.74, 6) is 2.13. The Morgan fingerprint density at radius 2 is 1.68 bits per heavy atom. The summed E-state index contributed by atoms with van der Waals surface area (Å²) in [6.07, 6.45) is 1.74. The fourth-order valence-electron chi connectivity index (χ4n) is 3.17. The van der Waals surface area contributed by atoms with Crippen molar-refractivity contribution in [2.75, 3.05) is 27.4 Å². The number of guanidine groups is 1. The highest BCUT2D eigenvalue weighted by Crippen LogP contribution is 2.20. The highest BCUT2D eigenvalue weighted by atomic mass is 127. The first-order valence-corrected chi connectivity index (χ1v) is 11.0. The van der Waals surface area contributed by atoms with Crippen LogP contribution in [0.3, 0.4) is 0 Å². The van der Waals surface area contributed by atoms with Gasteiger partial charge in [0.05, 0.1) is 6.61 Å². The predicted octanol–water partition coefficient (Wildman–Crippen LogP) is 4.48. The minimum Gasteiger partial charge on any atom is -0.491 e. The summed E-state index contributed by atoms with van der Waals surface area (Å²) >= 11 is 0. The van der Waals surface area contributed by atoms with Crippen molar-refractivity contribution in [1.29, 1.82) is 0 Å². The van der Waals surface area contributed by atoms with Gasteiger partial charge in [-0.2, -0.15) is 0 Å². The highest BCUT2D eigenvalue weighted by molar-refractivity contribution is 14.0. The van der Waals surface area contributed by atoms with Crippen LogP contribution in [0.2, 0.25) is 0 Å². The van der Waals surface area contributed by atoms with Crippen molar-refractivity contribution in [3.8, 4) is 11.6 Å². The summed E-state index contributed by atoms with van der Waals surface area (Å²) in [6.45, 7) is 4.68. The first-order valence-electron chi connectivity index (χ1n) is 11.0. The number of nitrogens with one attached hydrogen (secondary N) is 2. The van der Waals surface area contributed by atoms with Gasteiger partial charge >= 0.3 is 0 Å². The molecule has 0 spiro atoms. The number of ether oxygens (including phenoxy) is 3. The third-order valence-electron chi connectivity index (χ3n) is 4.95. The van der Waals surface area contributed by atoms with Crippen LogP contribution in [0, 0.1) is 6.92 Å². The lowest BCUT2D eigenvalue weighted by atomic mass is 10.1. The van der Waals surface area contributed by atoms with E-state index in [1.165, 1.54) is 0 Å². The molecule has 0 atom stereocenters. The molecule has 2 N–H and O–H groups in total. The molecule has 0 aliphatic heterocycles. The molecule has 3 aromatic rings. The van der Waals surface area contributed by atoms with Crippen molar-refractivity contribution in [2.24, 2.45) is 4.99 Å². The quantitative estimate of drug-likeness (QED) is 0.152. The number of rotatable bonds is 11. The van der Waals surface area contributed by atoms with Gasteiger partial charge in [-0.15, -0.1) is 24.0 Å². The van der Waals surface area contributed by atoms with E-state index in [2.05, 4.69) is 32.7 Å². The van der Waals surface area contributed by atoms with Crippen molar-refractivity contribution in [3.05, 3.63) is 89.1 Å². The molecule has 182 valence electrons. The molecule has 3 rings (SSSR count). The second kappa shape index (κ2) is 15.1. The lowest BCUT2D eigenvalue weighted by Crippen LogP contribution is -2.36. The molecule has 0 unspecified atom stereocenters. The fourth-order valence-corrected chi connectivity index (χ4v) is 3.17. The summed E-state index contributed by atoms with van der Waals surface area (Å²) in [4.78, 5) is 8.73. The van der Waals surface area contributed by atoms with E-state index < -0.39 is 0 Å². The Labute approximate surface area is 219 Å². The molecule has 8 heteroatoms. The number of pyridine rings is 1. The van der Waals surface area contributed by atoms with E-state index in [0.717, 1.165) is 28.0 Å². The van der Waals surface area contributed by atoms with Crippen molar-refractivity contribution in [2.45, 2.75) is 26.6 Å². The Hall–Kier alpha value is -2.85. The highest BCUT2D eigenvalue weighted by Gasteiger charge is 2.09. The average molecular weight is 576 g/mol. The van der Waals surface area contributed by atoms with Crippen molar-refractivity contribution in [3.63, 3.8) is 0 Å². The molecular weight excluding hydrogens is 543 g/mol. The zero-order valence-corrected chi connectivity index (χ0v) is 22.2. The van der Waals surface area contributed by atoms with Gasteiger partial charge in [-0.1, -0.05) is 48.5 Å². The van der Waals surface area contributed by atoms with E-state index in [1.54, 1.807) is 20.4 Å². The maximum absolute atomic E-state index is 5.95. The van der Waals surface area contributed by atoms with Gasteiger partial charge < -0.3 is 24.8 Å². The number of aromatic nitrogens is 1. The van der Waals surface area contributed by atoms with Gasteiger partial charge in [-0.05, 0) is 30.2 Å². The molecule has 0 saturated carbocycles. The maximum Gasteiger partial charge on any atom is 0.218 e. The van der Waals surface area contributed by atoms with Crippen LogP contribution in [0.4, 0.5) is 0 Å². The lowest BCUT2D eigenvalue weighted by molar-refractivity contribution is 0.145. The van der Waals surface area contributed by atoms with Gasteiger partial charge in [-0.25, -0.2) is 4.98 Å². The smallest absolute Gasteiger partial charge is 0.218 e. The van der Waals surface area contributed by atoms with Gasteiger partial charge in [0.15, 0.2) is 5.96 Å². The molecule has 0 fully saturated rings. The van der Waals surface area contributed by atoms with E-state index in [-0.39, 0.29) is 24.0 Å². The van der Waals surface area contributed by atoms with Gasteiger partial charge in [0.25, 0.3) is 0 Å². The number of hydrogen-bond acceptors (Lipinski definition) is 5.